The van der Waals surface area contributed by atoms with Crippen molar-refractivity contribution in [2.45, 2.75) is 51.2 Å². The molecule has 2 aliphatic heterocycles. The molecule has 0 bridgehead atoms. The fraction of sp³-hybridized carbons (Fsp3) is 0.391. The lowest BCUT2D eigenvalue weighted by molar-refractivity contribution is -0.137. The summed E-state index contributed by atoms with van der Waals surface area (Å²) in [7, 11) is 0. The molecule has 0 aromatic heterocycles. The van der Waals surface area contributed by atoms with Crippen LogP contribution in [-0.2, 0) is 4.79 Å². The minimum Gasteiger partial charge on any atom is -0.490 e. The quantitative estimate of drug-likeness (QED) is 0.584. The lowest BCUT2D eigenvalue weighted by Gasteiger charge is -2.21. The zero-order valence-corrected chi connectivity index (χ0v) is 17.0. The van der Waals surface area contributed by atoms with Crippen molar-refractivity contribution in [2.75, 3.05) is 6.61 Å². The summed E-state index contributed by atoms with van der Waals surface area (Å²) in [4.78, 5) is 27.6. The van der Waals surface area contributed by atoms with Crippen molar-refractivity contribution in [1.29, 1.82) is 0 Å². The third-order valence-corrected chi connectivity index (χ3v) is 5.57. The van der Waals surface area contributed by atoms with Crippen LogP contribution in [0.15, 0.2) is 47.5 Å². The molecule has 1 aromatic rings. The number of rotatable bonds is 8. The molecule has 4 rings (SSSR count). The van der Waals surface area contributed by atoms with Crippen LogP contribution in [-0.4, -0.2) is 33.3 Å². The fourth-order valence-corrected chi connectivity index (χ4v) is 4.14. The van der Waals surface area contributed by atoms with Gasteiger partial charge in [-0.25, -0.2) is 0 Å². The number of fused-ring (bicyclic) bond motifs is 1. The highest BCUT2D eigenvalue weighted by atomic mass is 16.5. The number of nitrogens with one attached hydrogen (secondary N) is 1. The monoisotopic (exact) mass is 410 g/mol. The van der Waals surface area contributed by atoms with Gasteiger partial charge in [0.25, 0.3) is 5.56 Å². The Morgan fingerprint density at radius 1 is 1.27 bits per heavy atom. The largest absolute Gasteiger partial charge is 0.490 e. The first-order valence-electron chi connectivity index (χ1n) is 10.4. The molecular formula is C23H26N2O5. The van der Waals surface area contributed by atoms with E-state index in [4.69, 9.17) is 9.47 Å². The first-order valence-corrected chi connectivity index (χ1v) is 10.4. The molecule has 1 aliphatic carbocycles. The first-order chi connectivity index (χ1) is 14.6. The molecule has 3 aliphatic rings. The van der Waals surface area contributed by atoms with Gasteiger partial charge < -0.3 is 24.1 Å². The number of aliphatic carboxylic acids is 1. The van der Waals surface area contributed by atoms with Gasteiger partial charge in [-0.15, -0.1) is 0 Å². The van der Waals surface area contributed by atoms with Crippen molar-refractivity contribution in [3.05, 3.63) is 58.6 Å². The molecule has 7 nitrogen and oxygen atoms in total. The second-order valence-electron chi connectivity index (χ2n) is 7.62. The average molecular weight is 410 g/mol. The molecule has 1 unspecified atom stereocenters. The maximum Gasteiger partial charge on any atom is 0.305 e. The van der Waals surface area contributed by atoms with Crippen LogP contribution in [0.5, 0.6) is 11.5 Å². The number of carboxylic acid groups (broad SMARTS) is 1. The van der Waals surface area contributed by atoms with Crippen LogP contribution in [0.1, 0.15) is 50.6 Å². The number of carboxylic acids is 1. The normalized spacial score (nSPS) is 15.4. The van der Waals surface area contributed by atoms with Crippen molar-refractivity contribution in [1.82, 2.24) is 9.55 Å². The Bertz CT molecular complexity index is 1050. The van der Waals surface area contributed by atoms with E-state index in [-0.39, 0.29) is 18.1 Å². The van der Waals surface area contributed by atoms with Gasteiger partial charge in [0.1, 0.15) is 0 Å². The van der Waals surface area contributed by atoms with Crippen LogP contribution in [0.4, 0.5) is 0 Å². The van der Waals surface area contributed by atoms with Crippen LogP contribution in [0.25, 0.3) is 11.3 Å². The summed E-state index contributed by atoms with van der Waals surface area (Å²) in [5.41, 5.74) is 1.66. The predicted octanol–water partition coefficient (Wildman–Crippen LogP) is 4.07. The van der Waals surface area contributed by atoms with Gasteiger partial charge in [-0.2, -0.15) is 0 Å². The number of aromatic nitrogens is 2. The molecular weight excluding hydrogens is 384 g/mol. The fourth-order valence-electron chi connectivity index (χ4n) is 4.14. The molecule has 0 saturated heterocycles. The molecule has 2 heterocycles. The van der Waals surface area contributed by atoms with Crippen LogP contribution in [0, 0.1) is 0 Å². The Labute approximate surface area is 174 Å². The summed E-state index contributed by atoms with van der Waals surface area (Å²) in [5.74, 6) is 0.258. The SMILES string of the molecule is CCOc1cc(C(CC(=O)O)n2cc3[nH]cccc-3c2=O)ccc1OC1CCCC1. The van der Waals surface area contributed by atoms with Gasteiger partial charge in [-0.3, -0.25) is 9.59 Å². The van der Waals surface area contributed by atoms with Gasteiger partial charge in [-0.1, -0.05) is 6.07 Å². The Morgan fingerprint density at radius 3 is 2.77 bits per heavy atom. The Hall–Kier alpha value is -3.22. The van der Waals surface area contributed by atoms with E-state index in [9.17, 15) is 14.7 Å². The highest BCUT2D eigenvalue weighted by molar-refractivity contribution is 5.68. The van der Waals surface area contributed by atoms with E-state index in [0.717, 1.165) is 25.7 Å². The molecule has 1 saturated carbocycles. The molecule has 30 heavy (non-hydrogen) atoms. The van der Waals surface area contributed by atoms with E-state index in [2.05, 4.69) is 4.98 Å². The zero-order valence-electron chi connectivity index (χ0n) is 17.0. The Morgan fingerprint density at radius 2 is 2.07 bits per heavy atom. The zero-order chi connectivity index (χ0) is 21.1. The van der Waals surface area contributed by atoms with Crippen molar-refractivity contribution in [2.24, 2.45) is 0 Å². The third kappa shape index (κ3) is 4.06. The van der Waals surface area contributed by atoms with E-state index in [1.807, 2.05) is 19.1 Å². The highest BCUT2D eigenvalue weighted by Crippen LogP contribution is 2.36. The molecule has 0 spiro atoms. The summed E-state index contributed by atoms with van der Waals surface area (Å²) in [6, 6.07) is 8.28. The number of pyridine rings is 1. The summed E-state index contributed by atoms with van der Waals surface area (Å²) < 4.78 is 13.4. The van der Waals surface area contributed by atoms with Crippen molar-refractivity contribution in [3.8, 4) is 22.8 Å². The lowest BCUT2D eigenvalue weighted by Crippen LogP contribution is -2.24. The molecule has 7 heteroatoms. The number of carbonyl (C=O) groups is 1. The van der Waals surface area contributed by atoms with Gasteiger partial charge in [0.15, 0.2) is 11.5 Å². The smallest absolute Gasteiger partial charge is 0.305 e. The topological polar surface area (TPSA) is 93.5 Å². The molecule has 158 valence electrons. The number of hydrogen-bond acceptors (Lipinski definition) is 4. The Balaban J connectivity index is 1.74. The van der Waals surface area contributed by atoms with Gasteiger partial charge in [-0.05, 0) is 62.4 Å². The third-order valence-electron chi connectivity index (χ3n) is 5.57. The van der Waals surface area contributed by atoms with Crippen molar-refractivity contribution >= 4 is 5.97 Å². The van der Waals surface area contributed by atoms with E-state index in [1.54, 1.807) is 30.6 Å². The van der Waals surface area contributed by atoms with Crippen LogP contribution in [0.2, 0.25) is 0 Å². The molecule has 1 aromatic carbocycles. The van der Waals surface area contributed by atoms with Gasteiger partial charge in [0.05, 0.1) is 36.4 Å². The minimum atomic E-state index is -0.981. The van der Waals surface area contributed by atoms with E-state index >= 15 is 0 Å². The van der Waals surface area contributed by atoms with Crippen molar-refractivity contribution in [3.63, 3.8) is 0 Å². The first kappa shape index (κ1) is 20.1. The number of ether oxygens (including phenoxy) is 2. The Kier molecular flexibility index (Phi) is 5.79. The van der Waals surface area contributed by atoms with Crippen LogP contribution in [0.3, 0.4) is 0 Å². The number of H-pyrrole nitrogens is 1. The maximum absolute atomic E-state index is 12.9. The molecule has 0 radical (unpaired) electrons. The van der Waals surface area contributed by atoms with E-state index in [0.29, 0.717) is 34.9 Å². The van der Waals surface area contributed by atoms with Crippen LogP contribution < -0.4 is 15.0 Å². The van der Waals surface area contributed by atoms with E-state index < -0.39 is 12.0 Å². The van der Waals surface area contributed by atoms with E-state index in [1.165, 1.54) is 4.57 Å². The summed E-state index contributed by atoms with van der Waals surface area (Å²) in [6.07, 6.45) is 7.76. The van der Waals surface area contributed by atoms with Gasteiger partial charge >= 0.3 is 5.97 Å². The second kappa shape index (κ2) is 8.65. The lowest BCUT2D eigenvalue weighted by atomic mass is 10.0. The molecule has 1 atom stereocenters. The predicted molar refractivity (Wildman–Crippen MR) is 113 cm³/mol. The standard InChI is InChI=1S/C23H26N2O5/c1-2-29-21-12-15(9-10-20(21)30-16-6-3-4-7-16)19(13-22(26)27)25-14-18-17(23(25)28)8-5-11-24-18/h5,8-12,14,16,19,24H,2-4,6-7,13H2,1H3,(H,26,27). The van der Waals surface area contributed by atoms with Gasteiger partial charge in [0.2, 0.25) is 0 Å². The average Bonchev–Trinajstić information content (AvgIpc) is 3.36. The van der Waals surface area contributed by atoms with Gasteiger partial charge in [0, 0.05) is 12.4 Å². The summed E-state index contributed by atoms with van der Waals surface area (Å²) in [5, 5.41) is 9.51. The number of hydrogen-bond donors (Lipinski definition) is 2. The van der Waals surface area contributed by atoms with Crippen molar-refractivity contribution < 1.29 is 19.4 Å². The molecule has 0 amide bonds. The molecule has 1 fully saturated rings. The molecule has 2 N–H and O–H groups in total. The summed E-state index contributed by atoms with van der Waals surface area (Å²) in [6.45, 7) is 2.36. The summed E-state index contributed by atoms with van der Waals surface area (Å²) >= 11 is 0. The number of benzene rings is 1. The number of nitrogens with zero attached hydrogens (tertiary/aromatic N) is 1. The van der Waals surface area contributed by atoms with Crippen LogP contribution >= 0.6 is 0 Å². The maximum atomic E-state index is 12.9. The minimum absolute atomic E-state index is 0.184. The number of aromatic amines is 1. The second-order valence-corrected chi connectivity index (χ2v) is 7.62. The highest BCUT2D eigenvalue weighted by Gasteiger charge is 2.25.